The Morgan fingerprint density at radius 3 is 2.23 bits per heavy atom. The van der Waals surface area contributed by atoms with Crippen LogP contribution in [0.15, 0.2) is 28.0 Å². The van der Waals surface area contributed by atoms with Crippen LogP contribution in [0.5, 0.6) is 0 Å². The number of halogens is 4. The number of sulfonamides is 1. The molecule has 0 unspecified atom stereocenters. The summed E-state index contributed by atoms with van der Waals surface area (Å²) in [6, 6.07) is 1.26. The van der Waals surface area contributed by atoms with E-state index in [0.717, 1.165) is 12.8 Å². The van der Waals surface area contributed by atoms with Crippen molar-refractivity contribution in [1.82, 2.24) is 4.72 Å². The van der Waals surface area contributed by atoms with Crippen molar-refractivity contribution in [2.24, 2.45) is 5.92 Å². The lowest BCUT2D eigenvalue weighted by molar-refractivity contribution is -0.0437. The van der Waals surface area contributed by atoms with Gasteiger partial charge in [0, 0.05) is 6.54 Å². The van der Waals surface area contributed by atoms with Crippen LogP contribution in [0.4, 0.5) is 17.6 Å². The molecule has 1 N–H and O–H groups in total. The molecule has 1 saturated carbocycles. The Hall–Kier alpha value is -1.20. The normalized spacial score (nSPS) is 16.7. The zero-order chi connectivity index (χ0) is 16.8. The van der Waals surface area contributed by atoms with Crippen LogP contribution in [0.2, 0.25) is 0 Å². The highest BCUT2D eigenvalue weighted by Gasteiger charge is 2.48. The van der Waals surface area contributed by atoms with E-state index in [1.54, 1.807) is 0 Å². The lowest BCUT2D eigenvalue weighted by atomic mass is 10.3. The Morgan fingerprint density at radius 2 is 1.73 bits per heavy atom. The van der Waals surface area contributed by atoms with Crippen molar-refractivity contribution in [2.75, 3.05) is 6.54 Å². The summed E-state index contributed by atoms with van der Waals surface area (Å²) >= 11 is 0. The number of hydrogen-bond donors (Lipinski definition) is 1. The van der Waals surface area contributed by atoms with Crippen LogP contribution in [0, 0.1) is 11.7 Å². The Morgan fingerprint density at radius 1 is 1.14 bits per heavy atom. The van der Waals surface area contributed by atoms with E-state index < -0.39 is 41.0 Å². The van der Waals surface area contributed by atoms with E-state index in [-0.39, 0.29) is 18.5 Å². The predicted octanol–water partition coefficient (Wildman–Crippen LogP) is 1.81. The Kier molecular flexibility index (Phi) is 4.26. The first-order chi connectivity index (χ1) is 9.95. The third kappa shape index (κ3) is 3.41. The number of hydrogen-bond acceptors (Lipinski definition) is 4. The number of nitrogens with one attached hydrogen (secondary N) is 1. The molecule has 5 nitrogen and oxygen atoms in total. The van der Waals surface area contributed by atoms with E-state index in [1.165, 1.54) is 0 Å². The molecule has 124 valence electrons. The van der Waals surface area contributed by atoms with E-state index in [0.29, 0.717) is 12.1 Å². The lowest BCUT2D eigenvalue weighted by Crippen LogP contribution is -2.27. The molecule has 1 fully saturated rings. The van der Waals surface area contributed by atoms with Crippen LogP contribution in [-0.2, 0) is 19.9 Å². The van der Waals surface area contributed by atoms with Gasteiger partial charge in [0.1, 0.15) is 10.7 Å². The van der Waals surface area contributed by atoms with E-state index >= 15 is 0 Å². The standard InChI is InChI=1S/C11H11F4NO4S2/c12-9-4-3-8(22(19,20)16-6-7-1-2-7)5-10(9)21(17,18)11(13,14)15/h3-5,7,16H,1-2,6H2. The van der Waals surface area contributed by atoms with Crippen molar-refractivity contribution < 1.29 is 34.4 Å². The van der Waals surface area contributed by atoms with Crippen molar-refractivity contribution in [3.63, 3.8) is 0 Å². The topological polar surface area (TPSA) is 80.3 Å². The maximum absolute atomic E-state index is 13.4. The van der Waals surface area contributed by atoms with Crippen LogP contribution in [0.1, 0.15) is 12.8 Å². The summed E-state index contributed by atoms with van der Waals surface area (Å²) in [6.07, 6.45) is 1.67. The van der Waals surface area contributed by atoms with Crippen LogP contribution in [0.25, 0.3) is 0 Å². The van der Waals surface area contributed by atoms with Gasteiger partial charge in [-0.05, 0) is 37.0 Å². The fourth-order valence-corrected chi connectivity index (χ4v) is 3.69. The molecule has 1 aliphatic rings. The largest absolute Gasteiger partial charge is 0.502 e. The second-order valence-electron chi connectivity index (χ2n) is 4.84. The molecule has 11 heteroatoms. The Bertz CT molecular complexity index is 783. The summed E-state index contributed by atoms with van der Waals surface area (Å²) in [4.78, 5) is -2.45. The van der Waals surface area contributed by atoms with Gasteiger partial charge in [-0.3, -0.25) is 0 Å². The molecule has 0 radical (unpaired) electrons. The third-order valence-corrected chi connectivity index (χ3v) is 5.99. The lowest BCUT2D eigenvalue weighted by Gasteiger charge is -2.11. The van der Waals surface area contributed by atoms with E-state index in [2.05, 4.69) is 4.72 Å². The molecule has 22 heavy (non-hydrogen) atoms. The molecule has 1 aromatic carbocycles. The maximum Gasteiger partial charge on any atom is 0.502 e. The number of benzene rings is 1. The average Bonchev–Trinajstić information content (AvgIpc) is 3.19. The van der Waals surface area contributed by atoms with Crippen molar-refractivity contribution in [1.29, 1.82) is 0 Å². The molecule has 0 saturated heterocycles. The summed E-state index contributed by atoms with van der Waals surface area (Å²) in [7, 11) is -10.2. The fourth-order valence-electron chi connectivity index (χ4n) is 1.61. The van der Waals surface area contributed by atoms with Gasteiger partial charge in [0.25, 0.3) is 9.84 Å². The van der Waals surface area contributed by atoms with Crippen LogP contribution < -0.4 is 4.72 Å². The highest BCUT2D eigenvalue weighted by atomic mass is 32.2. The summed E-state index contributed by atoms with van der Waals surface area (Å²) in [5, 5.41) is 0. The van der Waals surface area contributed by atoms with Crippen molar-refractivity contribution in [3.8, 4) is 0 Å². The van der Waals surface area contributed by atoms with Gasteiger partial charge in [-0.1, -0.05) is 0 Å². The van der Waals surface area contributed by atoms with E-state index in [9.17, 15) is 34.4 Å². The molecule has 0 bridgehead atoms. The first-order valence-corrected chi connectivity index (χ1v) is 9.02. The molecule has 1 aromatic rings. The van der Waals surface area contributed by atoms with Gasteiger partial charge in [-0.2, -0.15) is 13.2 Å². The van der Waals surface area contributed by atoms with Crippen molar-refractivity contribution in [2.45, 2.75) is 28.1 Å². The summed E-state index contributed by atoms with van der Waals surface area (Å²) in [5.74, 6) is -1.51. The van der Waals surface area contributed by atoms with Gasteiger partial charge in [0.2, 0.25) is 10.0 Å². The monoisotopic (exact) mass is 361 g/mol. The maximum atomic E-state index is 13.4. The Balaban J connectivity index is 2.42. The second kappa shape index (κ2) is 5.46. The van der Waals surface area contributed by atoms with Crippen LogP contribution >= 0.6 is 0 Å². The van der Waals surface area contributed by atoms with Crippen molar-refractivity contribution in [3.05, 3.63) is 24.0 Å². The molecule has 0 spiro atoms. The molecule has 0 atom stereocenters. The van der Waals surface area contributed by atoms with Crippen LogP contribution in [-0.4, -0.2) is 28.9 Å². The average molecular weight is 361 g/mol. The smallest absolute Gasteiger partial charge is 0.214 e. The summed E-state index contributed by atoms with van der Waals surface area (Å²) in [6.45, 7) is 0.0983. The molecule has 2 rings (SSSR count). The van der Waals surface area contributed by atoms with E-state index in [4.69, 9.17) is 0 Å². The summed E-state index contributed by atoms with van der Waals surface area (Å²) < 4.78 is 99.3. The fraction of sp³-hybridized carbons (Fsp3) is 0.455. The van der Waals surface area contributed by atoms with Crippen LogP contribution in [0.3, 0.4) is 0 Å². The third-order valence-electron chi connectivity index (χ3n) is 3.07. The molecular formula is C11H11F4NO4S2. The highest BCUT2D eigenvalue weighted by molar-refractivity contribution is 7.92. The zero-order valence-corrected chi connectivity index (χ0v) is 12.5. The number of alkyl halides is 3. The molecule has 0 heterocycles. The molecule has 0 aromatic heterocycles. The van der Waals surface area contributed by atoms with Gasteiger partial charge >= 0.3 is 5.51 Å². The molecule has 0 aliphatic heterocycles. The summed E-state index contributed by atoms with van der Waals surface area (Å²) in [5.41, 5.74) is -5.72. The second-order valence-corrected chi connectivity index (χ2v) is 8.51. The molecule has 1 aliphatic carbocycles. The van der Waals surface area contributed by atoms with Crippen molar-refractivity contribution >= 4 is 19.9 Å². The number of sulfone groups is 1. The van der Waals surface area contributed by atoms with Gasteiger partial charge in [0.15, 0.2) is 0 Å². The molecular weight excluding hydrogens is 350 g/mol. The van der Waals surface area contributed by atoms with Gasteiger partial charge in [-0.15, -0.1) is 0 Å². The molecule has 0 amide bonds. The van der Waals surface area contributed by atoms with Gasteiger partial charge in [-0.25, -0.2) is 25.9 Å². The SMILES string of the molecule is O=S(=O)(NCC1CC1)c1ccc(F)c(S(=O)(=O)C(F)(F)F)c1. The van der Waals surface area contributed by atoms with E-state index in [1.807, 2.05) is 0 Å². The highest BCUT2D eigenvalue weighted by Crippen LogP contribution is 2.33. The Labute approximate surface area is 124 Å². The number of rotatable bonds is 5. The zero-order valence-electron chi connectivity index (χ0n) is 10.9. The quantitative estimate of drug-likeness (QED) is 0.811. The minimum atomic E-state index is -5.98. The van der Waals surface area contributed by atoms with Gasteiger partial charge < -0.3 is 0 Å². The minimum Gasteiger partial charge on any atom is -0.214 e. The first-order valence-electron chi connectivity index (χ1n) is 6.06. The first kappa shape index (κ1) is 17.2. The minimum absolute atomic E-state index is 0.0983. The van der Waals surface area contributed by atoms with Gasteiger partial charge in [0.05, 0.1) is 4.90 Å². The predicted molar refractivity (Wildman–Crippen MR) is 67.6 cm³/mol.